The van der Waals surface area contributed by atoms with E-state index in [1.54, 1.807) is 19.2 Å². The molecule has 0 amide bonds. The zero-order chi connectivity index (χ0) is 13.7. The minimum atomic E-state index is -0.318. The van der Waals surface area contributed by atoms with Crippen LogP contribution in [0, 0.1) is 5.82 Å². The topological polar surface area (TPSA) is 56.5 Å². The summed E-state index contributed by atoms with van der Waals surface area (Å²) in [5, 5.41) is 0. The van der Waals surface area contributed by atoms with Gasteiger partial charge < -0.3 is 9.47 Å². The van der Waals surface area contributed by atoms with Crippen LogP contribution in [0.25, 0.3) is 0 Å². The Balaban J connectivity index is 2.11. The van der Waals surface area contributed by atoms with E-state index in [0.717, 1.165) is 18.4 Å². The van der Waals surface area contributed by atoms with E-state index in [2.05, 4.69) is 5.43 Å². The van der Waals surface area contributed by atoms with E-state index < -0.39 is 0 Å². The summed E-state index contributed by atoms with van der Waals surface area (Å²) < 4.78 is 24.0. The lowest BCUT2D eigenvalue weighted by atomic mass is 9.83. The highest BCUT2D eigenvalue weighted by Gasteiger charge is 2.40. The summed E-state index contributed by atoms with van der Waals surface area (Å²) in [6.07, 6.45) is 2.31. The molecule has 0 aromatic heterocycles. The van der Waals surface area contributed by atoms with Crippen LogP contribution in [-0.4, -0.2) is 32.0 Å². The van der Waals surface area contributed by atoms with Crippen LogP contribution in [0.2, 0.25) is 0 Å². The first-order valence-corrected chi connectivity index (χ1v) is 6.54. The monoisotopic (exact) mass is 268 g/mol. The molecule has 1 aliphatic heterocycles. The summed E-state index contributed by atoms with van der Waals surface area (Å²) in [6, 6.07) is 6.47. The molecule has 1 saturated heterocycles. The van der Waals surface area contributed by atoms with Crippen LogP contribution in [-0.2, 0) is 15.9 Å². The highest BCUT2D eigenvalue weighted by atomic mass is 19.1. The second-order valence-electron chi connectivity index (χ2n) is 4.93. The molecule has 106 valence electrons. The molecule has 0 radical (unpaired) electrons. The van der Waals surface area contributed by atoms with E-state index in [1.807, 2.05) is 0 Å². The van der Waals surface area contributed by atoms with Crippen LogP contribution < -0.4 is 11.3 Å². The summed E-state index contributed by atoms with van der Waals surface area (Å²) >= 11 is 0. The van der Waals surface area contributed by atoms with Crippen molar-refractivity contribution >= 4 is 0 Å². The first kappa shape index (κ1) is 14.4. The van der Waals surface area contributed by atoms with Crippen LogP contribution in [0.4, 0.5) is 4.39 Å². The Hall–Kier alpha value is -1.01. The Morgan fingerprint density at radius 3 is 2.53 bits per heavy atom. The van der Waals surface area contributed by atoms with Gasteiger partial charge in [0.05, 0.1) is 11.6 Å². The summed E-state index contributed by atoms with van der Waals surface area (Å²) in [5.41, 5.74) is 3.57. The molecule has 1 heterocycles. The molecule has 0 bridgehead atoms. The van der Waals surface area contributed by atoms with E-state index in [4.69, 9.17) is 15.3 Å². The fraction of sp³-hybridized carbons (Fsp3) is 0.571. The average Bonchev–Trinajstić information content (AvgIpc) is 2.47. The van der Waals surface area contributed by atoms with Crippen LogP contribution in [0.15, 0.2) is 24.3 Å². The van der Waals surface area contributed by atoms with Gasteiger partial charge in [-0.2, -0.15) is 0 Å². The molecule has 0 aliphatic carbocycles. The van der Waals surface area contributed by atoms with Gasteiger partial charge in [-0.3, -0.25) is 11.3 Å². The molecule has 19 heavy (non-hydrogen) atoms. The van der Waals surface area contributed by atoms with Gasteiger partial charge in [-0.05, 0) is 24.1 Å². The highest BCUT2D eigenvalue weighted by Crippen LogP contribution is 2.29. The number of nitrogens with two attached hydrogens (primary N) is 1. The third kappa shape index (κ3) is 3.30. The molecule has 1 aromatic rings. The summed E-state index contributed by atoms with van der Waals surface area (Å²) in [6.45, 7) is 1.35. The zero-order valence-corrected chi connectivity index (χ0v) is 11.2. The Morgan fingerprint density at radius 1 is 1.37 bits per heavy atom. The molecule has 0 spiro atoms. The van der Waals surface area contributed by atoms with Gasteiger partial charge in [-0.15, -0.1) is 0 Å². The largest absolute Gasteiger partial charge is 0.381 e. The Morgan fingerprint density at radius 2 is 2.00 bits per heavy atom. The second kappa shape index (κ2) is 6.43. The fourth-order valence-corrected chi connectivity index (χ4v) is 2.66. The van der Waals surface area contributed by atoms with Gasteiger partial charge in [0, 0.05) is 33.2 Å². The summed E-state index contributed by atoms with van der Waals surface area (Å²) in [5.74, 6) is 5.47. The predicted molar refractivity (Wildman–Crippen MR) is 71.0 cm³/mol. The minimum absolute atomic E-state index is 0.0214. The van der Waals surface area contributed by atoms with Crippen molar-refractivity contribution in [2.24, 2.45) is 5.84 Å². The Labute approximate surface area is 113 Å². The second-order valence-corrected chi connectivity index (χ2v) is 4.93. The van der Waals surface area contributed by atoms with Crippen LogP contribution in [0.3, 0.4) is 0 Å². The smallest absolute Gasteiger partial charge is 0.123 e. The first-order valence-electron chi connectivity index (χ1n) is 6.54. The summed E-state index contributed by atoms with van der Waals surface area (Å²) in [4.78, 5) is 0. The molecule has 0 saturated carbocycles. The van der Waals surface area contributed by atoms with Crippen LogP contribution in [0.5, 0.6) is 0 Å². The molecule has 1 fully saturated rings. The molecule has 4 nitrogen and oxygen atoms in total. The third-order valence-corrected chi connectivity index (χ3v) is 3.94. The predicted octanol–water partition coefficient (Wildman–Crippen LogP) is 1.40. The van der Waals surface area contributed by atoms with Crippen molar-refractivity contribution in [3.63, 3.8) is 0 Å². The number of hydrogen-bond donors (Lipinski definition) is 2. The molecule has 1 atom stereocenters. The van der Waals surface area contributed by atoms with Gasteiger partial charge in [-0.25, -0.2) is 4.39 Å². The maximum atomic E-state index is 12.9. The average molecular weight is 268 g/mol. The number of nitrogens with one attached hydrogen (secondary N) is 1. The molecule has 5 heteroatoms. The van der Waals surface area contributed by atoms with Crippen LogP contribution >= 0.6 is 0 Å². The molecular formula is C14H21FN2O2. The van der Waals surface area contributed by atoms with E-state index in [1.165, 1.54) is 12.1 Å². The van der Waals surface area contributed by atoms with Gasteiger partial charge in [0.2, 0.25) is 0 Å². The number of ether oxygens (including phenoxy) is 2. The normalized spacial score (nSPS) is 20.2. The lowest BCUT2D eigenvalue weighted by Gasteiger charge is -2.42. The van der Waals surface area contributed by atoms with Crippen molar-refractivity contribution in [1.29, 1.82) is 0 Å². The number of halogens is 1. The van der Waals surface area contributed by atoms with Gasteiger partial charge in [0.1, 0.15) is 5.82 Å². The van der Waals surface area contributed by atoms with Gasteiger partial charge in [-0.1, -0.05) is 12.1 Å². The Kier molecular flexibility index (Phi) is 4.87. The van der Waals surface area contributed by atoms with Crippen molar-refractivity contribution < 1.29 is 13.9 Å². The standard InChI is InChI=1S/C14H21FN2O2/c1-18-14(6-8-19-9-7-14)13(17-16)10-11-2-4-12(15)5-3-11/h2-5,13,17H,6-10,16H2,1H3. The minimum Gasteiger partial charge on any atom is -0.381 e. The fourth-order valence-electron chi connectivity index (χ4n) is 2.66. The van der Waals surface area contributed by atoms with E-state index in [-0.39, 0.29) is 17.5 Å². The molecule has 3 N–H and O–H groups in total. The lowest BCUT2D eigenvalue weighted by molar-refractivity contribution is -0.110. The molecule has 1 unspecified atom stereocenters. The number of hydrogen-bond acceptors (Lipinski definition) is 4. The number of benzene rings is 1. The highest BCUT2D eigenvalue weighted by molar-refractivity contribution is 5.18. The third-order valence-electron chi connectivity index (χ3n) is 3.94. The number of rotatable bonds is 5. The summed E-state index contributed by atoms with van der Waals surface area (Å²) in [7, 11) is 1.71. The maximum Gasteiger partial charge on any atom is 0.123 e. The van der Waals surface area contributed by atoms with Crippen molar-refractivity contribution in [1.82, 2.24) is 5.43 Å². The van der Waals surface area contributed by atoms with E-state index >= 15 is 0 Å². The van der Waals surface area contributed by atoms with Crippen molar-refractivity contribution in [3.05, 3.63) is 35.6 Å². The van der Waals surface area contributed by atoms with Crippen LogP contribution in [0.1, 0.15) is 18.4 Å². The Bertz CT molecular complexity index is 391. The SMILES string of the molecule is COC1(C(Cc2ccc(F)cc2)NN)CCOCC1. The number of methoxy groups -OCH3 is 1. The van der Waals surface area contributed by atoms with Gasteiger partial charge in [0.15, 0.2) is 0 Å². The van der Waals surface area contributed by atoms with Crippen molar-refractivity contribution in [3.8, 4) is 0 Å². The molecule has 1 aromatic carbocycles. The lowest BCUT2D eigenvalue weighted by Crippen LogP contribution is -2.58. The van der Waals surface area contributed by atoms with Crippen molar-refractivity contribution in [2.45, 2.75) is 30.9 Å². The molecule has 1 aliphatic rings. The number of hydrazine groups is 1. The first-order chi connectivity index (χ1) is 9.20. The molecular weight excluding hydrogens is 247 g/mol. The maximum absolute atomic E-state index is 12.9. The van der Waals surface area contributed by atoms with Gasteiger partial charge >= 0.3 is 0 Å². The van der Waals surface area contributed by atoms with E-state index in [0.29, 0.717) is 19.6 Å². The zero-order valence-electron chi connectivity index (χ0n) is 11.2. The van der Waals surface area contributed by atoms with E-state index in [9.17, 15) is 4.39 Å². The van der Waals surface area contributed by atoms with Crippen molar-refractivity contribution in [2.75, 3.05) is 20.3 Å². The van der Waals surface area contributed by atoms with Gasteiger partial charge in [0.25, 0.3) is 0 Å². The molecule has 2 rings (SSSR count). The quantitative estimate of drug-likeness (QED) is 0.626.